The van der Waals surface area contributed by atoms with Crippen LogP contribution in [0, 0.1) is 5.92 Å². The Hall–Kier alpha value is -1.04. The quantitative estimate of drug-likeness (QED) is 0.640. The highest BCUT2D eigenvalue weighted by molar-refractivity contribution is 8.14. The average molecular weight is 255 g/mol. The topological polar surface area (TPSA) is 61.8 Å². The van der Waals surface area contributed by atoms with Crippen molar-refractivity contribution in [1.29, 1.82) is 0 Å². The first-order valence-electron chi connectivity index (χ1n) is 5.94. The lowest BCUT2D eigenvalue weighted by Gasteiger charge is -2.30. The summed E-state index contributed by atoms with van der Waals surface area (Å²) in [6, 6.07) is 0. The summed E-state index contributed by atoms with van der Waals surface area (Å²) in [6.45, 7) is 4.20. The first-order valence-corrected chi connectivity index (χ1v) is 6.93. The summed E-state index contributed by atoms with van der Waals surface area (Å²) in [5, 5.41) is 3.15. The molecule has 1 saturated heterocycles. The predicted molar refractivity (Wildman–Crippen MR) is 67.9 cm³/mol. The van der Waals surface area contributed by atoms with Gasteiger partial charge in [0.25, 0.3) is 0 Å². The van der Waals surface area contributed by atoms with E-state index < -0.39 is 11.8 Å². The fourth-order valence-electron chi connectivity index (χ4n) is 2.08. The van der Waals surface area contributed by atoms with Gasteiger partial charge < -0.3 is 4.90 Å². The molecule has 0 aromatic rings. The Morgan fingerprint density at radius 1 is 1.53 bits per heavy atom. The van der Waals surface area contributed by atoms with Crippen LogP contribution in [0.1, 0.15) is 19.8 Å². The number of amidine groups is 1. The van der Waals surface area contributed by atoms with Crippen LogP contribution in [-0.2, 0) is 9.59 Å². The minimum atomic E-state index is -0.549. The largest absolute Gasteiger partial charge is 0.334 e. The van der Waals surface area contributed by atoms with Gasteiger partial charge in [0.05, 0.1) is 6.54 Å². The number of thioether (sulfide) groups is 1. The molecule has 2 aliphatic rings. The zero-order chi connectivity index (χ0) is 12.3. The lowest BCUT2D eigenvalue weighted by Crippen LogP contribution is -2.47. The Balaban J connectivity index is 1.87. The van der Waals surface area contributed by atoms with Gasteiger partial charge in [0.15, 0.2) is 5.17 Å². The van der Waals surface area contributed by atoms with Crippen molar-refractivity contribution in [3.8, 4) is 0 Å². The zero-order valence-electron chi connectivity index (χ0n) is 9.94. The van der Waals surface area contributed by atoms with Gasteiger partial charge >= 0.3 is 11.8 Å². The second-order valence-corrected chi connectivity index (χ2v) is 5.57. The molecule has 0 saturated carbocycles. The van der Waals surface area contributed by atoms with Crippen LogP contribution in [-0.4, -0.2) is 47.3 Å². The number of likely N-dealkylation sites (tertiary alicyclic amines) is 1. The van der Waals surface area contributed by atoms with E-state index in [9.17, 15) is 9.59 Å². The van der Waals surface area contributed by atoms with E-state index in [4.69, 9.17) is 0 Å². The summed E-state index contributed by atoms with van der Waals surface area (Å²) < 4.78 is 0. The average Bonchev–Trinajstić information content (AvgIpc) is 2.80. The van der Waals surface area contributed by atoms with Crippen molar-refractivity contribution < 1.29 is 9.59 Å². The molecule has 0 spiro atoms. The molecule has 2 aliphatic heterocycles. The molecule has 94 valence electrons. The van der Waals surface area contributed by atoms with Crippen LogP contribution in [0.25, 0.3) is 0 Å². The molecule has 1 fully saturated rings. The summed E-state index contributed by atoms with van der Waals surface area (Å²) in [7, 11) is 0. The molecule has 0 bridgehead atoms. The SMILES string of the molecule is CC1CCCN(C(=O)C(=O)NC2=NCCS2)C1. The fourth-order valence-corrected chi connectivity index (χ4v) is 2.80. The lowest BCUT2D eigenvalue weighted by atomic mass is 10.0. The Morgan fingerprint density at radius 2 is 2.35 bits per heavy atom. The number of carbonyl (C=O) groups excluding carboxylic acids is 2. The molecule has 1 atom stereocenters. The standard InChI is InChI=1S/C11H17N3O2S/c1-8-3-2-5-14(7-8)10(16)9(15)13-11-12-4-6-17-11/h8H,2-7H2,1H3,(H,12,13,15). The summed E-state index contributed by atoms with van der Waals surface area (Å²) in [4.78, 5) is 29.3. The number of hydrogen-bond acceptors (Lipinski definition) is 4. The van der Waals surface area contributed by atoms with E-state index in [1.165, 1.54) is 11.8 Å². The molecule has 1 unspecified atom stereocenters. The van der Waals surface area contributed by atoms with Gasteiger partial charge in [0, 0.05) is 18.8 Å². The molecular formula is C11H17N3O2S. The second-order valence-electron chi connectivity index (χ2n) is 4.49. The van der Waals surface area contributed by atoms with Crippen LogP contribution in [0.5, 0.6) is 0 Å². The summed E-state index contributed by atoms with van der Waals surface area (Å²) >= 11 is 1.48. The van der Waals surface area contributed by atoms with Crippen molar-refractivity contribution in [2.45, 2.75) is 19.8 Å². The van der Waals surface area contributed by atoms with E-state index in [1.54, 1.807) is 4.90 Å². The van der Waals surface area contributed by atoms with Crippen molar-refractivity contribution in [2.75, 3.05) is 25.4 Å². The third-order valence-corrected chi connectivity index (χ3v) is 3.84. The molecule has 2 heterocycles. The number of amides is 2. The van der Waals surface area contributed by atoms with Gasteiger partial charge in [-0.25, -0.2) is 0 Å². The molecule has 1 N–H and O–H groups in total. The number of nitrogens with one attached hydrogen (secondary N) is 1. The Morgan fingerprint density at radius 3 is 3.00 bits per heavy atom. The van der Waals surface area contributed by atoms with Crippen LogP contribution in [0.4, 0.5) is 0 Å². The third kappa shape index (κ3) is 3.21. The maximum Gasteiger partial charge on any atom is 0.315 e. The van der Waals surface area contributed by atoms with E-state index in [1.807, 2.05) is 0 Å². The predicted octanol–water partition coefficient (Wildman–Crippen LogP) is 0.464. The van der Waals surface area contributed by atoms with E-state index >= 15 is 0 Å². The zero-order valence-corrected chi connectivity index (χ0v) is 10.8. The minimum Gasteiger partial charge on any atom is -0.334 e. The van der Waals surface area contributed by atoms with E-state index in [0.717, 1.165) is 25.1 Å². The molecule has 17 heavy (non-hydrogen) atoms. The van der Waals surface area contributed by atoms with Crippen molar-refractivity contribution in [2.24, 2.45) is 10.9 Å². The highest BCUT2D eigenvalue weighted by Gasteiger charge is 2.27. The van der Waals surface area contributed by atoms with Crippen molar-refractivity contribution in [3.05, 3.63) is 0 Å². The fraction of sp³-hybridized carbons (Fsp3) is 0.727. The van der Waals surface area contributed by atoms with Gasteiger partial charge in [-0.05, 0) is 18.8 Å². The number of carbonyl (C=O) groups is 2. The molecular weight excluding hydrogens is 238 g/mol. The Labute approximate surface area is 105 Å². The third-order valence-electron chi connectivity index (χ3n) is 2.94. The first-order chi connectivity index (χ1) is 8.16. The number of hydrogen-bond donors (Lipinski definition) is 1. The maximum absolute atomic E-state index is 11.9. The number of nitrogens with zero attached hydrogens (tertiary/aromatic N) is 2. The number of rotatable bonds is 0. The van der Waals surface area contributed by atoms with Crippen molar-refractivity contribution >= 4 is 28.7 Å². The van der Waals surface area contributed by atoms with Crippen LogP contribution in [0.2, 0.25) is 0 Å². The van der Waals surface area contributed by atoms with Gasteiger partial charge in [-0.2, -0.15) is 0 Å². The van der Waals surface area contributed by atoms with Crippen molar-refractivity contribution in [3.63, 3.8) is 0 Å². The molecule has 0 radical (unpaired) electrons. The minimum absolute atomic E-state index is 0.424. The van der Waals surface area contributed by atoms with E-state index in [0.29, 0.717) is 24.2 Å². The van der Waals surface area contributed by atoms with Crippen LogP contribution in [0.3, 0.4) is 0 Å². The van der Waals surface area contributed by atoms with Gasteiger partial charge in [-0.1, -0.05) is 18.7 Å². The summed E-state index contributed by atoms with van der Waals surface area (Å²) in [5.74, 6) is 0.391. The molecule has 6 heteroatoms. The smallest absolute Gasteiger partial charge is 0.315 e. The van der Waals surface area contributed by atoms with Gasteiger partial charge in [-0.15, -0.1) is 0 Å². The Kier molecular flexibility index (Phi) is 4.04. The first kappa shape index (κ1) is 12.4. The highest BCUT2D eigenvalue weighted by atomic mass is 32.2. The summed E-state index contributed by atoms with van der Waals surface area (Å²) in [6.07, 6.45) is 2.11. The van der Waals surface area contributed by atoms with Gasteiger partial charge in [0.2, 0.25) is 0 Å². The van der Waals surface area contributed by atoms with Crippen LogP contribution in [0.15, 0.2) is 4.99 Å². The molecule has 2 rings (SSSR count). The normalized spacial score (nSPS) is 24.4. The van der Waals surface area contributed by atoms with E-state index in [-0.39, 0.29) is 0 Å². The van der Waals surface area contributed by atoms with Crippen LogP contribution >= 0.6 is 11.8 Å². The molecule has 0 aromatic carbocycles. The monoisotopic (exact) mass is 255 g/mol. The second kappa shape index (κ2) is 5.53. The highest BCUT2D eigenvalue weighted by Crippen LogP contribution is 2.15. The van der Waals surface area contributed by atoms with E-state index in [2.05, 4.69) is 17.2 Å². The summed E-state index contributed by atoms with van der Waals surface area (Å²) in [5.41, 5.74) is 0. The molecule has 5 nitrogen and oxygen atoms in total. The molecule has 0 aliphatic carbocycles. The lowest BCUT2D eigenvalue weighted by molar-refractivity contribution is -0.146. The number of piperidine rings is 1. The maximum atomic E-state index is 11.9. The number of aliphatic imine (C=N–C) groups is 1. The molecule has 0 aromatic heterocycles. The van der Waals surface area contributed by atoms with Crippen molar-refractivity contribution in [1.82, 2.24) is 10.2 Å². The Bertz CT molecular complexity index is 357. The molecule has 2 amide bonds. The van der Waals surface area contributed by atoms with Crippen LogP contribution < -0.4 is 5.32 Å². The van der Waals surface area contributed by atoms with Gasteiger partial charge in [-0.3, -0.25) is 19.9 Å². The van der Waals surface area contributed by atoms with Gasteiger partial charge in [0.1, 0.15) is 0 Å².